The lowest BCUT2D eigenvalue weighted by Gasteiger charge is -2.33. The Kier molecular flexibility index (Phi) is 3.17. The van der Waals surface area contributed by atoms with Gasteiger partial charge in [-0.25, -0.2) is 0 Å². The van der Waals surface area contributed by atoms with E-state index in [9.17, 15) is 5.11 Å². The van der Waals surface area contributed by atoms with Crippen molar-refractivity contribution in [1.29, 1.82) is 0 Å². The summed E-state index contributed by atoms with van der Waals surface area (Å²) in [6.07, 6.45) is 0. The van der Waals surface area contributed by atoms with Crippen molar-refractivity contribution >= 4 is 5.69 Å². The quantitative estimate of drug-likeness (QED) is 0.747. The summed E-state index contributed by atoms with van der Waals surface area (Å²) in [5.41, 5.74) is 0.514. The highest BCUT2D eigenvalue weighted by Gasteiger charge is 2.29. The van der Waals surface area contributed by atoms with Crippen molar-refractivity contribution in [2.45, 2.75) is 25.5 Å². The van der Waals surface area contributed by atoms with E-state index in [2.05, 4.69) is 29.3 Å². The molecule has 2 unspecified atom stereocenters. The monoisotopic (exact) mass is 220 g/mol. The summed E-state index contributed by atoms with van der Waals surface area (Å²) >= 11 is 0. The number of anilines is 1. The number of nitrogens with one attached hydrogen (secondary N) is 1. The molecule has 3 nitrogen and oxygen atoms in total. The van der Waals surface area contributed by atoms with Gasteiger partial charge in [0.1, 0.15) is 0 Å². The molecule has 1 saturated heterocycles. The molecule has 1 aliphatic rings. The number of nitrogens with zero attached hydrogens (tertiary/aromatic N) is 1. The lowest BCUT2D eigenvalue weighted by molar-refractivity contribution is 0.0726. The fraction of sp³-hybridized carbons (Fsp3) is 0.538. The van der Waals surface area contributed by atoms with Gasteiger partial charge in [-0.3, -0.25) is 0 Å². The summed E-state index contributed by atoms with van der Waals surface area (Å²) in [5.74, 6) is 0. The van der Waals surface area contributed by atoms with E-state index < -0.39 is 5.60 Å². The van der Waals surface area contributed by atoms with Crippen molar-refractivity contribution in [2.75, 3.05) is 24.5 Å². The highest BCUT2D eigenvalue weighted by atomic mass is 16.3. The summed E-state index contributed by atoms with van der Waals surface area (Å²) in [6, 6.07) is 10.7. The van der Waals surface area contributed by atoms with Crippen LogP contribution in [0.1, 0.15) is 13.8 Å². The van der Waals surface area contributed by atoms with E-state index in [-0.39, 0.29) is 0 Å². The summed E-state index contributed by atoms with van der Waals surface area (Å²) in [4.78, 5) is 2.26. The van der Waals surface area contributed by atoms with E-state index in [1.807, 2.05) is 25.1 Å². The van der Waals surface area contributed by atoms with Gasteiger partial charge in [-0.2, -0.15) is 0 Å². The molecule has 3 heteroatoms. The van der Waals surface area contributed by atoms with Crippen LogP contribution < -0.4 is 10.2 Å². The zero-order chi connectivity index (χ0) is 11.6. The minimum absolute atomic E-state index is 0.399. The van der Waals surface area contributed by atoms with Crippen LogP contribution in [0, 0.1) is 0 Å². The average Bonchev–Trinajstić information content (AvgIpc) is 2.39. The summed E-state index contributed by atoms with van der Waals surface area (Å²) in [7, 11) is 0. The molecule has 0 saturated carbocycles. The van der Waals surface area contributed by atoms with Gasteiger partial charge in [0.05, 0.1) is 5.60 Å². The van der Waals surface area contributed by atoms with Crippen molar-refractivity contribution < 1.29 is 5.11 Å². The van der Waals surface area contributed by atoms with Gasteiger partial charge in [0, 0.05) is 31.4 Å². The first-order valence-electron chi connectivity index (χ1n) is 5.83. The molecule has 1 heterocycles. The molecule has 1 fully saturated rings. The number of benzene rings is 1. The van der Waals surface area contributed by atoms with Gasteiger partial charge in [-0.15, -0.1) is 0 Å². The van der Waals surface area contributed by atoms with E-state index in [0.29, 0.717) is 19.1 Å². The van der Waals surface area contributed by atoms with E-state index in [1.54, 1.807) is 0 Å². The van der Waals surface area contributed by atoms with E-state index in [4.69, 9.17) is 0 Å². The second kappa shape index (κ2) is 4.44. The standard InChI is InChI=1S/C13H20N2O/c1-11-8-14-9-13(2,16)10-15(11)12-6-4-3-5-7-12/h3-7,11,14,16H,8-10H2,1-2H3. The molecule has 2 atom stereocenters. The van der Waals surface area contributed by atoms with Crippen LogP contribution in [0.2, 0.25) is 0 Å². The number of para-hydroxylation sites is 1. The average molecular weight is 220 g/mol. The summed E-state index contributed by atoms with van der Waals surface area (Å²) < 4.78 is 0. The zero-order valence-electron chi connectivity index (χ0n) is 9.98. The fourth-order valence-corrected chi connectivity index (χ4v) is 2.20. The van der Waals surface area contributed by atoms with Gasteiger partial charge in [0.25, 0.3) is 0 Å². The first-order chi connectivity index (χ1) is 7.58. The molecule has 88 valence electrons. The van der Waals surface area contributed by atoms with Gasteiger partial charge >= 0.3 is 0 Å². The molecule has 0 amide bonds. The molecule has 0 bridgehead atoms. The van der Waals surface area contributed by atoms with Crippen molar-refractivity contribution in [3.63, 3.8) is 0 Å². The minimum Gasteiger partial charge on any atom is -0.387 e. The highest BCUT2D eigenvalue weighted by molar-refractivity contribution is 5.47. The third kappa shape index (κ3) is 2.54. The molecular formula is C13H20N2O. The molecule has 0 spiro atoms. The Balaban J connectivity index is 2.23. The second-order valence-electron chi connectivity index (χ2n) is 4.94. The molecule has 16 heavy (non-hydrogen) atoms. The Bertz CT molecular complexity index is 337. The number of rotatable bonds is 1. The molecule has 1 aliphatic heterocycles. The Morgan fingerprint density at radius 2 is 2.06 bits per heavy atom. The largest absolute Gasteiger partial charge is 0.387 e. The topological polar surface area (TPSA) is 35.5 Å². The summed E-state index contributed by atoms with van der Waals surface area (Å²) in [6.45, 7) is 6.30. The van der Waals surface area contributed by atoms with Crippen LogP contribution in [-0.4, -0.2) is 36.4 Å². The van der Waals surface area contributed by atoms with Crippen LogP contribution in [0.4, 0.5) is 5.69 Å². The molecule has 1 aromatic carbocycles. The number of aliphatic hydroxyl groups is 1. The van der Waals surface area contributed by atoms with Gasteiger partial charge in [-0.05, 0) is 26.0 Å². The molecule has 0 aromatic heterocycles. The molecule has 0 radical (unpaired) electrons. The molecule has 0 aliphatic carbocycles. The third-order valence-electron chi connectivity index (χ3n) is 3.08. The van der Waals surface area contributed by atoms with Gasteiger partial charge in [-0.1, -0.05) is 18.2 Å². The predicted octanol–water partition coefficient (Wildman–Crippen LogP) is 1.24. The van der Waals surface area contributed by atoms with Gasteiger partial charge in [0.15, 0.2) is 0 Å². The predicted molar refractivity (Wildman–Crippen MR) is 66.7 cm³/mol. The maximum absolute atomic E-state index is 10.2. The number of β-amino-alcohol motifs (C(OH)–C–C–N with tert-alkyl or cyclic N) is 1. The SMILES string of the molecule is CC1CNCC(C)(O)CN1c1ccccc1. The van der Waals surface area contributed by atoms with E-state index >= 15 is 0 Å². The normalized spacial score (nSPS) is 31.2. The smallest absolute Gasteiger partial charge is 0.0917 e. The van der Waals surface area contributed by atoms with E-state index in [0.717, 1.165) is 6.54 Å². The fourth-order valence-electron chi connectivity index (χ4n) is 2.20. The molecule has 2 N–H and O–H groups in total. The Morgan fingerprint density at radius 1 is 1.38 bits per heavy atom. The molecule has 2 rings (SSSR count). The molecular weight excluding hydrogens is 200 g/mol. The first-order valence-corrected chi connectivity index (χ1v) is 5.83. The van der Waals surface area contributed by atoms with Crippen LogP contribution in [-0.2, 0) is 0 Å². The van der Waals surface area contributed by atoms with Crippen molar-refractivity contribution in [2.24, 2.45) is 0 Å². The van der Waals surface area contributed by atoms with Crippen molar-refractivity contribution in [3.05, 3.63) is 30.3 Å². The van der Waals surface area contributed by atoms with Crippen LogP contribution in [0.25, 0.3) is 0 Å². The van der Waals surface area contributed by atoms with Crippen molar-refractivity contribution in [1.82, 2.24) is 5.32 Å². The lowest BCUT2D eigenvalue weighted by atomic mass is 10.1. The van der Waals surface area contributed by atoms with Crippen molar-refractivity contribution in [3.8, 4) is 0 Å². The number of hydrogen-bond acceptors (Lipinski definition) is 3. The number of hydrogen-bond donors (Lipinski definition) is 2. The van der Waals surface area contributed by atoms with E-state index in [1.165, 1.54) is 5.69 Å². The first kappa shape index (κ1) is 11.4. The maximum atomic E-state index is 10.2. The van der Waals surface area contributed by atoms with Crippen LogP contribution in [0.15, 0.2) is 30.3 Å². The lowest BCUT2D eigenvalue weighted by Crippen LogP contribution is -2.45. The maximum Gasteiger partial charge on any atom is 0.0917 e. The third-order valence-corrected chi connectivity index (χ3v) is 3.08. The zero-order valence-corrected chi connectivity index (χ0v) is 9.98. The van der Waals surface area contributed by atoms with Gasteiger partial charge < -0.3 is 15.3 Å². The Morgan fingerprint density at radius 3 is 2.75 bits per heavy atom. The van der Waals surface area contributed by atoms with Crippen LogP contribution in [0.5, 0.6) is 0 Å². The van der Waals surface area contributed by atoms with Gasteiger partial charge in [0.2, 0.25) is 0 Å². The molecule has 1 aromatic rings. The Labute approximate surface area is 97.1 Å². The van der Waals surface area contributed by atoms with Crippen LogP contribution in [0.3, 0.4) is 0 Å². The Hall–Kier alpha value is -1.06. The highest BCUT2D eigenvalue weighted by Crippen LogP contribution is 2.21. The summed E-state index contributed by atoms with van der Waals surface area (Å²) in [5, 5.41) is 13.5. The van der Waals surface area contributed by atoms with Crippen LogP contribution >= 0.6 is 0 Å². The minimum atomic E-state index is -0.666. The second-order valence-corrected chi connectivity index (χ2v) is 4.94.